The number of ketones is 1. The molecule has 4 atom stereocenters. The van der Waals surface area contributed by atoms with E-state index in [2.05, 4.69) is 11.7 Å². The van der Waals surface area contributed by atoms with Gasteiger partial charge in [0, 0.05) is 24.7 Å². The Bertz CT molecular complexity index is 521. The van der Waals surface area contributed by atoms with E-state index < -0.39 is 11.7 Å². The maximum Gasteiger partial charge on any atom is 0.305 e. The Morgan fingerprint density at radius 1 is 1.30 bits per heavy atom. The molecule has 1 rings (SSSR count). The van der Waals surface area contributed by atoms with Crippen LogP contribution in [0.25, 0.3) is 0 Å². The number of Topliss-reactive ketones (excluding diaryl/α,β-unsaturated/α-hetero) is 1. The maximum atomic E-state index is 12.2. The molecule has 0 amide bonds. The van der Waals surface area contributed by atoms with Crippen LogP contribution in [0.4, 0.5) is 0 Å². The van der Waals surface area contributed by atoms with Crippen LogP contribution < -0.4 is 0 Å². The van der Waals surface area contributed by atoms with Gasteiger partial charge >= 0.3 is 5.97 Å². The molecule has 0 saturated heterocycles. The zero-order chi connectivity index (χ0) is 20.3. The quantitative estimate of drug-likeness (QED) is 0.306. The lowest BCUT2D eigenvalue weighted by Gasteiger charge is -2.21. The van der Waals surface area contributed by atoms with Gasteiger partial charge in [-0.05, 0) is 32.6 Å². The number of methoxy groups -OCH3 is 1. The van der Waals surface area contributed by atoms with Crippen LogP contribution in [-0.2, 0) is 14.3 Å². The second-order valence-electron chi connectivity index (χ2n) is 7.77. The van der Waals surface area contributed by atoms with Crippen LogP contribution in [0.1, 0.15) is 71.6 Å². The SMILES string of the molecule is CCCCC[C@](C)(O)/C=C/[C@H]1[C@H](O)CC(=O)[C@@H]1C/C=C\CCCC(=O)OC. The molecular weight excluding hydrogens is 344 g/mol. The number of carbonyl (C=O) groups is 2. The number of carbonyl (C=O) groups excluding carboxylic acids is 2. The topological polar surface area (TPSA) is 83.8 Å². The van der Waals surface area contributed by atoms with Crippen LogP contribution in [0, 0.1) is 11.8 Å². The molecule has 0 aromatic carbocycles. The molecule has 0 aliphatic heterocycles. The molecule has 5 heteroatoms. The Morgan fingerprint density at radius 3 is 2.70 bits per heavy atom. The van der Waals surface area contributed by atoms with E-state index >= 15 is 0 Å². The molecule has 1 fully saturated rings. The van der Waals surface area contributed by atoms with E-state index in [1.54, 1.807) is 13.0 Å². The van der Waals surface area contributed by atoms with Crippen LogP contribution in [0.3, 0.4) is 0 Å². The molecule has 0 unspecified atom stereocenters. The van der Waals surface area contributed by atoms with Crippen LogP contribution in [-0.4, -0.2) is 40.8 Å². The number of hydrogen-bond acceptors (Lipinski definition) is 5. The fourth-order valence-electron chi connectivity index (χ4n) is 3.49. The molecule has 1 aliphatic rings. The first-order valence-electron chi connectivity index (χ1n) is 10.1. The Hall–Kier alpha value is -1.46. The van der Waals surface area contributed by atoms with E-state index in [4.69, 9.17) is 0 Å². The Balaban J connectivity index is 2.55. The lowest BCUT2D eigenvalue weighted by atomic mass is 9.88. The molecule has 0 aromatic rings. The average molecular weight is 381 g/mol. The summed E-state index contributed by atoms with van der Waals surface area (Å²) in [4.78, 5) is 23.3. The van der Waals surface area contributed by atoms with Gasteiger partial charge in [-0.3, -0.25) is 9.59 Å². The molecule has 0 aromatic heterocycles. The van der Waals surface area contributed by atoms with Crippen molar-refractivity contribution in [3.63, 3.8) is 0 Å². The Labute approximate surface area is 163 Å². The highest BCUT2D eigenvalue weighted by Crippen LogP contribution is 2.34. The van der Waals surface area contributed by atoms with Crippen molar-refractivity contribution in [2.24, 2.45) is 11.8 Å². The third-order valence-electron chi connectivity index (χ3n) is 5.23. The van der Waals surface area contributed by atoms with Gasteiger partial charge in [0.05, 0.1) is 18.8 Å². The smallest absolute Gasteiger partial charge is 0.305 e. The summed E-state index contributed by atoms with van der Waals surface area (Å²) >= 11 is 0. The summed E-state index contributed by atoms with van der Waals surface area (Å²) in [7, 11) is 1.38. The lowest BCUT2D eigenvalue weighted by molar-refractivity contribution is -0.140. The van der Waals surface area contributed by atoms with Crippen molar-refractivity contribution in [2.45, 2.75) is 83.3 Å². The van der Waals surface area contributed by atoms with Crippen LogP contribution in [0.2, 0.25) is 0 Å². The number of ether oxygens (including phenoxy) is 1. The van der Waals surface area contributed by atoms with Gasteiger partial charge in [0.2, 0.25) is 0 Å². The van der Waals surface area contributed by atoms with Crippen molar-refractivity contribution in [3.8, 4) is 0 Å². The Morgan fingerprint density at radius 2 is 2.04 bits per heavy atom. The van der Waals surface area contributed by atoms with Crippen molar-refractivity contribution in [2.75, 3.05) is 7.11 Å². The van der Waals surface area contributed by atoms with Gasteiger partial charge in [-0.15, -0.1) is 0 Å². The van der Waals surface area contributed by atoms with Crippen LogP contribution >= 0.6 is 0 Å². The molecule has 5 nitrogen and oxygen atoms in total. The second kappa shape index (κ2) is 12.1. The summed E-state index contributed by atoms with van der Waals surface area (Å²) in [5.74, 6) is -0.648. The highest BCUT2D eigenvalue weighted by Gasteiger charge is 2.39. The number of hydrogen-bond donors (Lipinski definition) is 2. The van der Waals surface area contributed by atoms with Crippen molar-refractivity contribution >= 4 is 11.8 Å². The Kier molecular flexibility index (Phi) is 10.6. The summed E-state index contributed by atoms with van der Waals surface area (Å²) in [5, 5.41) is 20.7. The maximum absolute atomic E-state index is 12.2. The third-order valence-corrected chi connectivity index (χ3v) is 5.23. The minimum Gasteiger partial charge on any atom is -0.469 e. The number of rotatable bonds is 12. The van der Waals surface area contributed by atoms with E-state index in [1.807, 2.05) is 18.2 Å². The molecule has 0 bridgehead atoms. The molecule has 0 spiro atoms. The first-order chi connectivity index (χ1) is 12.8. The molecular formula is C22H36O5. The van der Waals surface area contributed by atoms with E-state index in [1.165, 1.54) is 7.11 Å². The first-order valence-corrected chi connectivity index (χ1v) is 10.1. The van der Waals surface area contributed by atoms with Crippen molar-refractivity contribution < 1.29 is 24.5 Å². The largest absolute Gasteiger partial charge is 0.469 e. The number of esters is 1. The fourth-order valence-corrected chi connectivity index (χ4v) is 3.49. The zero-order valence-electron chi connectivity index (χ0n) is 17.0. The third kappa shape index (κ3) is 8.85. The summed E-state index contributed by atoms with van der Waals surface area (Å²) in [6.07, 6.45) is 13.3. The van der Waals surface area contributed by atoms with Crippen molar-refractivity contribution in [1.29, 1.82) is 0 Å². The van der Waals surface area contributed by atoms with Gasteiger partial charge in [0.25, 0.3) is 0 Å². The molecule has 1 saturated carbocycles. The van der Waals surface area contributed by atoms with Gasteiger partial charge in [0.1, 0.15) is 5.78 Å². The van der Waals surface area contributed by atoms with Gasteiger partial charge < -0.3 is 14.9 Å². The average Bonchev–Trinajstić information content (AvgIpc) is 2.89. The van der Waals surface area contributed by atoms with E-state index in [0.29, 0.717) is 25.7 Å². The predicted molar refractivity (Wildman–Crippen MR) is 106 cm³/mol. The lowest BCUT2D eigenvalue weighted by Crippen LogP contribution is -2.23. The van der Waals surface area contributed by atoms with Gasteiger partial charge in [0.15, 0.2) is 0 Å². The van der Waals surface area contributed by atoms with Crippen molar-refractivity contribution in [3.05, 3.63) is 24.3 Å². The number of unbranched alkanes of at least 4 members (excludes halogenated alkanes) is 3. The normalized spacial score (nSPS) is 25.4. The zero-order valence-corrected chi connectivity index (χ0v) is 17.0. The summed E-state index contributed by atoms with van der Waals surface area (Å²) in [6.45, 7) is 3.90. The molecule has 27 heavy (non-hydrogen) atoms. The minimum atomic E-state index is -0.908. The van der Waals surface area contributed by atoms with E-state index in [9.17, 15) is 19.8 Å². The summed E-state index contributed by atoms with van der Waals surface area (Å²) < 4.78 is 4.60. The molecule has 154 valence electrons. The molecule has 0 heterocycles. The molecule has 1 aliphatic carbocycles. The number of aliphatic hydroxyl groups is 2. The minimum absolute atomic E-state index is 0.0713. The predicted octanol–water partition coefficient (Wildman–Crippen LogP) is 3.73. The van der Waals surface area contributed by atoms with Gasteiger partial charge in [-0.2, -0.15) is 0 Å². The fraction of sp³-hybridized carbons (Fsp3) is 0.727. The van der Waals surface area contributed by atoms with E-state index in [-0.39, 0.29) is 30.0 Å². The molecule has 0 radical (unpaired) electrons. The van der Waals surface area contributed by atoms with Crippen molar-refractivity contribution in [1.82, 2.24) is 0 Å². The van der Waals surface area contributed by atoms with Crippen LogP contribution in [0.15, 0.2) is 24.3 Å². The summed E-state index contributed by atoms with van der Waals surface area (Å²) in [6, 6.07) is 0. The highest BCUT2D eigenvalue weighted by molar-refractivity contribution is 5.84. The second-order valence-corrected chi connectivity index (χ2v) is 7.77. The first kappa shape index (κ1) is 23.6. The van der Waals surface area contributed by atoms with Crippen LogP contribution in [0.5, 0.6) is 0 Å². The number of allylic oxidation sites excluding steroid dienone is 2. The van der Waals surface area contributed by atoms with Gasteiger partial charge in [-0.25, -0.2) is 0 Å². The number of aliphatic hydroxyl groups excluding tert-OH is 1. The molecule has 2 N–H and O–H groups in total. The summed E-state index contributed by atoms with van der Waals surface area (Å²) in [5.41, 5.74) is -0.908. The standard InChI is InChI=1S/C22H36O5/c1-4-5-10-14-22(2,26)15-13-18-17(19(23)16-20(18)24)11-8-6-7-9-12-21(25)27-3/h6,8,13,15,17-18,20,24,26H,4-5,7,9-12,14,16H2,1-3H3/b8-6-,15-13+/t17-,18-,20-,22+/m1/s1. The van der Waals surface area contributed by atoms with Gasteiger partial charge in [-0.1, -0.05) is 50.5 Å². The monoisotopic (exact) mass is 380 g/mol. The highest BCUT2D eigenvalue weighted by atomic mass is 16.5. The van der Waals surface area contributed by atoms with E-state index in [0.717, 1.165) is 25.7 Å².